The third kappa shape index (κ3) is 4.91. The molecule has 1 N–H and O–H groups in total. The van der Waals surface area contributed by atoms with E-state index in [-0.39, 0.29) is 16.7 Å². The Hall–Kier alpha value is -1.06. The highest BCUT2D eigenvalue weighted by Gasteiger charge is 2.32. The van der Waals surface area contributed by atoms with E-state index in [1.165, 1.54) is 4.31 Å². The van der Waals surface area contributed by atoms with Crippen LogP contribution in [0.15, 0.2) is 56.7 Å². The molecule has 150 valence electrons. The first-order chi connectivity index (χ1) is 13.3. The summed E-state index contributed by atoms with van der Waals surface area (Å²) >= 11 is 10.9. The average Bonchev–Trinajstić information content (AvgIpc) is 2.71. The van der Waals surface area contributed by atoms with Crippen molar-refractivity contribution in [2.45, 2.75) is 22.6 Å². The van der Waals surface area contributed by atoms with Crippen molar-refractivity contribution < 1.29 is 13.2 Å². The van der Waals surface area contributed by atoms with E-state index in [4.69, 9.17) is 11.6 Å². The highest BCUT2D eigenvalue weighted by atomic mass is 79.9. The van der Waals surface area contributed by atoms with E-state index in [1.807, 2.05) is 6.26 Å². The Kier molecular flexibility index (Phi) is 7.09. The van der Waals surface area contributed by atoms with Crippen LogP contribution in [0.2, 0.25) is 5.02 Å². The van der Waals surface area contributed by atoms with Crippen LogP contribution in [-0.4, -0.2) is 38.0 Å². The van der Waals surface area contributed by atoms with Crippen LogP contribution >= 0.6 is 39.3 Å². The zero-order chi connectivity index (χ0) is 20.3. The molecule has 1 amide bonds. The zero-order valence-corrected chi connectivity index (χ0v) is 19.2. The van der Waals surface area contributed by atoms with Gasteiger partial charge < -0.3 is 5.32 Å². The largest absolute Gasteiger partial charge is 0.326 e. The van der Waals surface area contributed by atoms with Gasteiger partial charge in [-0.1, -0.05) is 11.6 Å². The Morgan fingerprint density at radius 1 is 1.18 bits per heavy atom. The lowest BCUT2D eigenvalue weighted by molar-refractivity contribution is -0.120. The fourth-order valence-corrected chi connectivity index (χ4v) is 5.38. The maximum Gasteiger partial charge on any atom is 0.243 e. The monoisotopic (exact) mass is 502 g/mol. The number of benzene rings is 2. The molecule has 2 aromatic carbocycles. The van der Waals surface area contributed by atoms with Crippen LogP contribution in [0, 0.1) is 5.92 Å². The molecule has 28 heavy (non-hydrogen) atoms. The minimum atomic E-state index is -3.54. The molecule has 9 heteroatoms. The second-order valence-corrected chi connectivity index (χ2v) is 10.6. The molecule has 0 atom stereocenters. The van der Waals surface area contributed by atoms with Crippen molar-refractivity contribution in [1.82, 2.24) is 4.31 Å². The molecule has 0 unspecified atom stereocenters. The molecule has 1 heterocycles. The van der Waals surface area contributed by atoms with Gasteiger partial charge in [-0.3, -0.25) is 4.79 Å². The highest BCUT2D eigenvalue weighted by Crippen LogP contribution is 2.28. The van der Waals surface area contributed by atoms with Gasteiger partial charge >= 0.3 is 0 Å². The number of amides is 1. The molecule has 0 saturated carbocycles. The van der Waals surface area contributed by atoms with Gasteiger partial charge in [-0.15, -0.1) is 11.8 Å². The summed E-state index contributed by atoms with van der Waals surface area (Å²) in [6.07, 6.45) is 2.91. The standard InChI is InChI=1S/C19H20BrClN2O3S2/c1-27-15-3-5-16(6-4-15)28(25,26)23-10-8-13(9-11-23)19(24)22-14-2-7-17(20)18(21)12-14/h2-7,12-13H,8-11H2,1H3,(H,22,24). The molecule has 0 bridgehead atoms. The van der Waals surface area contributed by atoms with E-state index in [9.17, 15) is 13.2 Å². The number of sulfonamides is 1. The summed E-state index contributed by atoms with van der Waals surface area (Å²) in [5.74, 6) is -0.340. The molecule has 1 aliphatic heterocycles. The van der Waals surface area contributed by atoms with Crippen LogP contribution in [0.3, 0.4) is 0 Å². The Morgan fingerprint density at radius 2 is 1.82 bits per heavy atom. The van der Waals surface area contributed by atoms with Gasteiger partial charge in [0.25, 0.3) is 0 Å². The lowest BCUT2D eigenvalue weighted by Gasteiger charge is -2.30. The average molecular weight is 504 g/mol. The van der Waals surface area contributed by atoms with Crippen LogP contribution in [-0.2, 0) is 14.8 Å². The van der Waals surface area contributed by atoms with E-state index < -0.39 is 10.0 Å². The minimum Gasteiger partial charge on any atom is -0.326 e. The van der Waals surface area contributed by atoms with Gasteiger partial charge in [0.2, 0.25) is 15.9 Å². The number of hydrogen-bond acceptors (Lipinski definition) is 4. The normalized spacial score (nSPS) is 16.1. The third-order valence-electron chi connectivity index (χ3n) is 4.71. The molecule has 1 saturated heterocycles. The van der Waals surface area contributed by atoms with Gasteiger partial charge in [-0.25, -0.2) is 8.42 Å². The second-order valence-electron chi connectivity index (χ2n) is 6.47. The molecule has 3 rings (SSSR count). The number of anilines is 1. The Bertz CT molecular complexity index is 960. The van der Waals surface area contributed by atoms with Gasteiger partial charge in [0.05, 0.1) is 9.92 Å². The van der Waals surface area contributed by atoms with Gasteiger partial charge in [-0.2, -0.15) is 4.31 Å². The van der Waals surface area contributed by atoms with Crippen molar-refractivity contribution in [2.75, 3.05) is 24.7 Å². The van der Waals surface area contributed by atoms with Crippen molar-refractivity contribution in [3.63, 3.8) is 0 Å². The molecular formula is C19H20BrClN2O3S2. The number of rotatable bonds is 5. The lowest BCUT2D eigenvalue weighted by Crippen LogP contribution is -2.41. The highest BCUT2D eigenvalue weighted by molar-refractivity contribution is 9.10. The van der Waals surface area contributed by atoms with Crippen molar-refractivity contribution in [3.05, 3.63) is 52.0 Å². The summed E-state index contributed by atoms with van der Waals surface area (Å²) < 4.78 is 27.9. The SMILES string of the molecule is CSc1ccc(S(=O)(=O)N2CCC(C(=O)Nc3ccc(Br)c(Cl)c3)CC2)cc1. The Labute approximate surface area is 183 Å². The Morgan fingerprint density at radius 3 is 2.39 bits per heavy atom. The van der Waals surface area contributed by atoms with E-state index in [0.717, 1.165) is 9.37 Å². The van der Waals surface area contributed by atoms with E-state index >= 15 is 0 Å². The molecule has 0 aromatic heterocycles. The summed E-state index contributed by atoms with van der Waals surface area (Å²) in [5.41, 5.74) is 0.627. The number of hydrogen-bond donors (Lipinski definition) is 1. The van der Waals surface area contributed by atoms with Crippen molar-refractivity contribution >= 4 is 60.9 Å². The zero-order valence-electron chi connectivity index (χ0n) is 15.2. The van der Waals surface area contributed by atoms with Gasteiger partial charge in [0, 0.05) is 34.1 Å². The number of carbonyl (C=O) groups excluding carboxylic acids is 1. The number of thioether (sulfide) groups is 1. The Balaban J connectivity index is 1.61. The minimum absolute atomic E-state index is 0.111. The number of nitrogens with one attached hydrogen (secondary N) is 1. The van der Waals surface area contributed by atoms with E-state index in [1.54, 1.807) is 54.2 Å². The summed E-state index contributed by atoms with van der Waals surface area (Å²) in [6, 6.07) is 12.1. The second kappa shape index (κ2) is 9.17. The van der Waals surface area contributed by atoms with Crippen molar-refractivity contribution in [2.24, 2.45) is 5.92 Å². The first kappa shape index (κ1) is 21.6. The van der Waals surface area contributed by atoms with Gasteiger partial charge in [0.1, 0.15) is 0 Å². The van der Waals surface area contributed by atoms with Crippen LogP contribution in [0.4, 0.5) is 5.69 Å². The van der Waals surface area contributed by atoms with E-state index in [0.29, 0.717) is 36.6 Å². The predicted octanol–water partition coefficient (Wildman–Crippen LogP) is 4.86. The smallest absolute Gasteiger partial charge is 0.243 e. The van der Waals surface area contributed by atoms with Crippen LogP contribution in [0.5, 0.6) is 0 Å². The van der Waals surface area contributed by atoms with Gasteiger partial charge in [0.15, 0.2) is 0 Å². The fraction of sp³-hybridized carbons (Fsp3) is 0.316. The fourth-order valence-electron chi connectivity index (χ4n) is 3.07. The lowest BCUT2D eigenvalue weighted by atomic mass is 9.97. The van der Waals surface area contributed by atoms with Crippen molar-refractivity contribution in [1.29, 1.82) is 0 Å². The van der Waals surface area contributed by atoms with E-state index in [2.05, 4.69) is 21.2 Å². The first-order valence-corrected chi connectivity index (χ1v) is 12.5. The quantitative estimate of drug-likeness (QED) is 0.592. The maximum atomic E-state index is 12.8. The third-order valence-corrected chi connectivity index (χ3v) is 8.60. The molecule has 0 aliphatic carbocycles. The topological polar surface area (TPSA) is 66.5 Å². The number of halogens is 2. The molecule has 5 nitrogen and oxygen atoms in total. The molecule has 0 spiro atoms. The summed E-state index contributed by atoms with van der Waals surface area (Å²) in [5, 5.41) is 3.38. The van der Waals surface area contributed by atoms with Crippen LogP contribution < -0.4 is 5.32 Å². The van der Waals surface area contributed by atoms with Crippen LogP contribution in [0.25, 0.3) is 0 Å². The van der Waals surface area contributed by atoms with Crippen LogP contribution in [0.1, 0.15) is 12.8 Å². The molecule has 2 aromatic rings. The first-order valence-electron chi connectivity index (χ1n) is 8.71. The molecule has 0 radical (unpaired) electrons. The summed E-state index contributed by atoms with van der Waals surface area (Å²) in [7, 11) is -3.54. The summed E-state index contributed by atoms with van der Waals surface area (Å²) in [6.45, 7) is 0.650. The number of nitrogens with zero attached hydrogens (tertiary/aromatic N) is 1. The number of piperidine rings is 1. The molecular weight excluding hydrogens is 484 g/mol. The maximum absolute atomic E-state index is 12.8. The predicted molar refractivity (Wildman–Crippen MR) is 117 cm³/mol. The molecule has 1 aliphatic rings. The summed E-state index contributed by atoms with van der Waals surface area (Å²) in [4.78, 5) is 13.8. The van der Waals surface area contributed by atoms with Gasteiger partial charge in [-0.05, 0) is 77.5 Å². The molecule has 1 fully saturated rings. The van der Waals surface area contributed by atoms with Crippen molar-refractivity contribution in [3.8, 4) is 0 Å². The number of carbonyl (C=O) groups is 1.